The summed E-state index contributed by atoms with van der Waals surface area (Å²) in [5.41, 5.74) is 5.67. The van der Waals surface area contributed by atoms with Crippen LogP contribution in [0.3, 0.4) is 0 Å². The molecule has 1 aromatic rings. The van der Waals surface area contributed by atoms with Gasteiger partial charge in [-0.25, -0.2) is 8.42 Å². The maximum atomic E-state index is 12.6. The van der Waals surface area contributed by atoms with Gasteiger partial charge in [-0.3, -0.25) is 0 Å². The third-order valence-corrected chi connectivity index (χ3v) is 5.24. The number of nitrogens with zero attached hydrogens (tertiary/aromatic N) is 1. The largest absolute Gasteiger partial charge is 0.506 e. The third-order valence-electron chi connectivity index (χ3n) is 3.29. The predicted molar refractivity (Wildman–Crippen MR) is 74.3 cm³/mol. The second kappa shape index (κ2) is 5.38. The van der Waals surface area contributed by atoms with Crippen molar-refractivity contribution in [2.24, 2.45) is 0 Å². The lowest BCUT2D eigenvalue weighted by Gasteiger charge is -2.22. The molecule has 0 aromatic heterocycles. The smallest absolute Gasteiger partial charge is 0.243 e. The normalized spacial score (nSPS) is 15.9. The van der Waals surface area contributed by atoms with Gasteiger partial charge in [0.05, 0.1) is 10.6 Å². The fourth-order valence-corrected chi connectivity index (χ4v) is 3.76. The van der Waals surface area contributed by atoms with Gasteiger partial charge in [0.25, 0.3) is 0 Å². The molecule has 1 aromatic carbocycles. The van der Waals surface area contributed by atoms with Crippen LogP contribution in [0.4, 0.5) is 5.69 Å². The van der Waals surface area contributed by atoms with E-state index in [1.54, 1.807) is 4.31 Å². The summed E-state index contributed by atoms with van der Waals surface area (Å²) < 4.78 is 26.7. The van der Waals surface area contributed by atoms with Crippen LogP contribution in [0, 0.1) is 0 Å². The van der Waals surface area contributed by atoms with Crippen molar-refractivity contribution in [3.63, 3.8) is 0 Å². The number of benzene rings is 1. The number of phenols is 1. The molecule has 0 amide bonds. The lowest BCUT2D eigenvalue weighted by Crippen LogP contribution is -2.34. The zero-order valence-electron chi connectivity index (χ0n) is 11.0. The fourth-order valence-electron chi connectivity index (χ4n) is 2.00. The van der Waals surface area contributed by atoms with E-state index >= 15 is 0 Å². The van der Waals surface area contributed by atoms with Gasteiger partial charge in [-0.1, -0.05) is 13.3 Å². The second-order valence-electron chi connectivity index (χ2n) is 4.92. The second-order valence-corrected chi connectivity index (χ2v) is 6.81. The van der Waals surface area contributed by atoms with E-state index in [-0.39, 0.29) is 22.4 Å². The van der Waals surface area contributed by atoms with E-state index in [1.165, 1.54) is 18.2 Å². The van der Waals surface area contributed by atoms with Crippen molar-refractivity contribution in [3.8, 4) is 5.75 Å². The number of nitrogen functional groups attached to an aromatic ring is 1. The topological polar surface area (TPSA) is 83.6 Å². The summed E-state index contributed by atoms with van der Waals surface area (Å²) in [6.07, 6.45) is 3.66. The molecule has 0 heterocycles. The molecule has 6 heteroatoms. The number of rotatable bonds is 6. The summed E-state index contributed by atoms with van der Waals surface area (Å²) in [5, 5.41) is 9.38. The summed E-state index contributed by atoms with van der Waals surface area (Å²) >= 11 is 0. The maximum absolute atomic E-state index is 12.6. The standard InChI is InChI=1S/C13H20N2O3S/c1-2-3-8-15(10-4-5-10)19(17,18)11-6-7-13(16)12(14)9-11/h6-7,9-10,16H,2-5,8,14H2,1H3. The van der Waals surface area contributed by atoms with Crippen molar-refractivity contribution in [2.75, 3.05) is 12.3 Å². The Hall–Kier alpha value is -1.27. The van der Waals surface area contributed by atoms with Gasteiger partial charge < -0.3 is 10.8 Å². The highest BCUT2D eigenvalue weighted by Crippen LogP contribution is 2.33. The Morgan fingerprint density at radius 1 is 1.42 bits per heavy atom. The van der Waals surface area contributed by atoms with Crippen molar-refractivity contribution in [1.82, 2.24) is 4.31 Å². The molecule has 0 atom stereocenters. The quantitative estimate of drug-likeness (QED) is 0.617. The Morgan fingerprint density at radius 2 is 2.11 bits per heavy atom. The van der Waals surface area contributed by atoms with Crippen molar-refractivity contribution in [3.05, 3.63) is 18.2 Å². The van der Waals surface area contributed by atoms with E-state index in [9.17, 15) is 13.5 Å². The molecule has 0 saturated heterocycles. The lowest BCUT2D eigenvalue weighted by atomic mass is 10.3. The number of unbranched alkanes of at least 4 members (excludes halogenated alkanes) is 1. The van der Waals surface area contributed by atoms with Gasteiger partial charge in [0, 0.05) is 12.6 Å². The van der Waals surface area contributed by atoms with E-state index in [0.717, 1.165) is 25.7 Å². The molecule has 1 saturated carbocycles. The van der Waals surface area contributed by atoms with Crippen LogP contribution in [0.5, 0.6) is 5.75 Å². The fraction of sp³-hybridized carbons (Fsp3) is 0.538. The molecule has 0 bridgehead atoms. The summed E-state index contributed by atoms with van der Waals surface area (Å²) in [5.74, 6) is -0.0921. The van der Waals surface area contributed by atoms with E-state index in [4.69, 9.17) is 5.73 Å². The average molecular weight is 284 g/mol. The van der Waals surface area contributed by atoms with Gasteiger partial charge in [-0.05, 0) is 37.5 Å². The number of hydrogen-bond donors (Lipinski definition) is 2. The van der Waals surface area contributed by atoms with Crippen molar-refractivity contribution < 1.29 is 13.5 Å². The van der Waals surface area contributed by atoms with Gasteiger partial charge in [-0.2, -0.15) is 4.31 Å². The average Bonchev–Trinajstić information content (AvgIpc) is 3.17. The Balaban J connectivity index is 2.30. The molecule has 106 valence electrons. The number of anilines is 1. The van der Waals surface area contributed by atoms with Crippen molar-refractivity contribution in [1.29, 1.82) is 0 Å². The molecular weight excluding hydrogens is 264 g/mol. The van der Waals surface area contributed by atoms with Gasteiger partial charge in [0.2, 0.25) is 10.0 Å². The van der Waals surface area contributed by atoms with Crippen LogP contribution in [-0.2, 0) is 10.0 Å². The molecule has 0 unspecified atom stereocenters. The summed E-state index contributed by atoms with van der Waals surface area (Å²) in [6.45, 7) is 2.58. The molecule has 5 nitrogen and oxygen atoms in total. The first-order valence-electron chi connectivity index (χ1n) is 6.57. The minimum atomic E-state index is -3.51. The van der Waals surface area contributed by atoms with Gasteiger partial charge in [0.15, 0.2) is 0 Å². The van der Waals surface area contributed by atoms with Crippen LogP contribution in [-0.4, -0.2) is 30.4 Å². The Morgan fingerprint density at radius 3 is 2.63 bits per heavy atom. The summed E-state index contributed by atoms with van der Waals surface area (Å²) in [7, 11) is -3.51. The van der Waals surface area contributed by atoms with E-state index < -0.39 is 10.0 Å². The van der Waals surface area contributed by atoms with E-state index in [1.807, 2.05) is 6.92 Å². The minimum Gasteiger partial charge on any atom is -0.506 e. The summed E-state index contributed by atoms with van der Waals surface area (Å²) in [6, 6.07) is 4.19. The Bertz CT molecular complexity index is 553. The lowest BCUT2D eigenvalue weighted by molar-refractivity contribution is 0.395. The highest BCUT2D eigenvalue weighted by atomic mass is 32.2. The molecule has 0 radical (unpaired) electrons. The zero-order chi connectivity index (χ0) is 14.0. The number of hydrogen-bond acceptors (Lipinski definition) is 4. The molecular formula is C13H20N2O3S. The minimum absolute atomic E-state index is 0.0901. The van der Waals surface area contributed by atoms with Crippen LogP contribution in [0.15, 0.2) is 23.1 Å². The van der Waals surface area contributed by atoms with E-state index in [0.29, 0.717) is 6.54 Å². The summed E-state index contributed by atoms with van der Waals surface area (Å²) in [4.78, 5) is 0.158. The van der Waals surface area contributed by atoms with Crippen LogP contribution in [0.1, 0.15) is 32.6 Å². The molecule has 1 fully saturated rings. The molecule has 1 aliphatic carbocycles. The Kier molecular flexibility index (Phi) is 4.01. The van der Waals surface area contributed by atoms with Gasteiger partial charge in [-0.15, -0.1) is 0 Å². The highest BCUT2D eigenvalue weighted by Gasteiger charge is 2.37. The Labute approximate surface area is 114 Å². The molecule has 1 aliphatic rings. The molecule has 0 spiro atoms. The third kappa shape index (κ3) is 3.01. The molecule has 2 rings (SSSR count). The van der Waals surface area contributed by atoms with Crippen molar-refractivity contribution >= 4 is 15.7 Å². The highest BCUT2D eigenvalue weighted by molar-refractivity contribution is 7.89. The number of aromatic hydroxyl groups is 1. The number of sulfonamides is 1. The SMILES string of the molecule is CCCCN(C1CC1)S(=O)(=O)c1ccc(O)c(N)c1. The van der Waals surface area contributed by atoms with Crippen LogP contribution >= 0.6 is 0 Å². The van der Waals surface area contributed by atoms with Crippen LogP contribution in [0.2, 0.25) is 0 Å². The van der Waals surface area contributed by atoms with Gasteiger partial charge >= 0.3 is 0 Å². The first-order chi connectivity index (χ1) is 8.96. The van der Waals surface area contributed by atoms with Gasteiger partial charge in [0.1, 0.15) is 5.75 Å². The predicted octanol–water partition coefficient (Wildman–Crippen LogP) is 1.93. The van der Waals surface area contributed by atoms with Crippen LogP contribution in [0.25, 0.3) is 0 Å². The molecule has 0 aliphatic heterocycles. The van der Waals surface area contributed by atoms with E-state index in [2.05, 4.69) is 0 Å². The maximum Gasteiger partial charge on any atom is 0.243 e. The first kappa shape index (κ1) is 14.1. The first-order valence-corrected chi connectivity index (χ1v) is 8.01. The number of phenolic OH excluding ortho intramolecular Hbond substituents is 1. The molecule has 3 N–H and O–H groups in total. The zero-order valence-corrected chi connectivity index (χ0v) is 11.9. The van der Waals surface area contributed by atoms with Crippen molar-refractivity contribution in [2.45, 2.75) is 43.5 Å². The monoisotopic (exact) mass is 284 g/mol. The number of nitrogens with two attached hydrogens (primary N) is 1. The molecule has 19 heavy (non-hydrogen) atoms. The van der Waals surface area contributed by atoms with Crippen LogP contribution < -0.4 is 5.73 Å².